The minimum atomic E-state index is -3.27. The number of piperidine rings is 1. The molecule has 2 N–H and O–H groups in total. The molecule has 0 amide bonds. The first kappa shape index (κ1) is 13.3. The van der Waals surface area contributed by atoms with E-state index in [0.717, 1.165) is 25.9 Å². The lowest BCUT2D eigenvalue weighted by atomic mass is 10.4. The number of hydrogen-bond acceptors (Lipinski definition) is 3. The van der Waals surface area contributed by atoms with Gasteiger partial charge in [0.15, 0.2) is 0 Å². The zero-order valence-corrected chi connectivity index (χ0v) is 11.5. The van der Waals surface area contributed by atoms with Crippen LogP contribution in [-0.4, -0.2) is 44.9 Å². The SMILES string of the molecule is CCCN(CCC)S(=O)(=O)NC1C2CNCC21. The molecule has 0 aromatic rings. The average Bonchev–Trinajstić information content (AvgIpc) is 2.75. The van der Waals surface area contributed by atoms with Gasteiger partial charge < -0.3 is 5.32 Å². The third-order valence-electron chi connectivity index (χ3n) is 3.66. The van der Waals surface area contributed by atoms with E-state index in [1.54, 1.807) is 4.31 Å². The summed E-state index contributed by atoms with van der Waals surface area (Å²) in [5, 5.41) is 3.27. The van der Waals surface area contributed by atoms with E-state index in [-0.39, 0.29) is 6.04 Å². The predicted molar refractivity (Wildman–Crippen MR) is 67.8 cm³/mol. The van der Waals surface area contributed by atoms with Crippen LogP contribution < -0.4 is 10.0 Å². The fraction of sp³-hybridized carbons (Fsp3) is 1.00. The lowest BCUT2D eigenvalue weighted by Crippen LogP contribution is -2.44. The normalized spacial score (nSPS) is 31.8. The van der Waals surface area contributed by atoms with E-state index in [0.29, 0.717) is 24.9 Å². The van der Waals surface area contributed by atoms with Gasteiger partial charge in [0.05, 0.1) is 0 Å². The van der Waals surface area contributed by atoms with E-state index in [1.165, 1.54) is 0 Å². The molecule has 2 fully saturated rings. The molecule has 1 saturated heterocycles. The number of nitrogens with one attached hydrogen (secondary N) is 2. The van der Waals surface area contributed by atoms with Crippen LogP contribution in [0.3, 0.4) is 0 Å². The molecular formula is C11H23N3O2S. The Labute approximate surface area is 104 Å². The first-order chi connectivity index (χ1) is 8.10. The third-order valence-corrected chi connectivity index (χ3v) is 5.28. The predicted octanol–water partition coefficient (Wildman–Crippen LogP) is 0.161. The number of fused-ring (bicyclic) bond motifs is 1. The van der Waals surface area contributed by atoms with Crippen LogP contribution in [0.4, 0.5) is 0 Å². The molecule has 2 atom stereocenters. The fourth-order valence-corrected chi connectivity index (χ4v) is 4.38. The smallest absolute Gasteiger partial charge is 0.279 e. The highest BCUT2D eigenvalue weighted by Gasteiger charge is 2.54. The molecule has 1 aliphatic carbocycles. The summed E-state index contributed by atoms with van der Waals surface area (Å²) in [6, 6.07) is 0.178. The number of hydrogen-bond donors (Lipinski definition) is 2. The standard InChI is InChI=1S/C11H23N3O2S/c1-3-5-14(6-4-2)17(15,16)13-11-9-7-12-8-10(9)11/h9-13H,3-8H2,1-2H3. The van der Waals surface area contributed by atoms with Gasteiger partial charge >= 0.3 is 0 Å². The highest BCUT2D eigenvalue weighted by Crippen LogP contribution is 2.42. The monoisotopic (exact) mass is 261 g/mol. The Morgan fingerprint density at radius 1 is 1.18 bits per heavy atom. The van der Waals surface area contributed by atoms with Crippen LogP contribution in [0.5, 0.6) is 0 Å². The lowest BCUT2D eigenvalue weighted by molar-refractivity contribution is 0.399. The highest BCUT2D eigenvalue weighted by molar-refractivity contribution is 7.87. The molecule has 2 rings (SSSR count). The van der Waals surface area contributed by atoms with Gasteiger partial charge in [-0.2, -0.15) is 17.4 Å². The van der Waals surface area contributed by atoms with Gasteiger partial charge in [-0.1, -0.05) is 13.8 Å². The van der Waals surface area contributed by atoms with Crippen molar-refractivity contribution in [3.8, 4) is 0 Å². The highest BCUT2D eigenvalue weighted by atomic mass is 32.2. The van der Waals surface area contributed by atoms with Crippen LogP contribution in [0, 0.1) is 11.8 Å². The van der Waals surface area contributed by atoms with Crippen molar-refractivity contribution in [1.29, 1.82) is 0 Å². The fourth-order valence-electron chi connectivity index (χ4n) is 2.69. The summed E-state index contributed by atoms with van der Waals surface area (Å²) in [6.45, 7) is 7.16. The molecule has 2 aliphatic rings. The van der Waals surface area contributed by atoms with E-state index in [4.69, 9.17) is 0 Å². The molecule has 6 heteroatoms. The Bertz CT molecular complexity index is 342. The maximum absolute atomic E-state index is 12.2. The summed E-state index contributed by atoms with van der Waals surface area (Å²) < 4.78 is 28.8. The van der Waals surface area contributed by atoms with Gasteiger partial charge in [0, 0.05) is 19.1 Å². The van der Waals surface area contributed by atoms with Crippen LogP contribution in [0.1, 0.15) is 26.7 Å². The van der Waals surface area contributed by atoms with Crippen molar-refractivity contribution >= 4 is 10.2 Å². The molecule has 1 saturated carbocycles. The average molecular weight is 261 g/mol. The van der Waals surface area contributed by atoms with Crippen molar-refractivity contribution in [3.05, 3.63) is 0 Å². The maximum atomic E-state index is 12.2. The molecule has 2 unspecified atom stereocenters. The van der Waals surface area contributed by atoms with Gasteiger partial charge in [0.2, 0.25) is 0 Å². The van der Waals surface area contributed by atoms with Crippen molar-refractivity contribution in [2.75, 3.05) is 26.2 Å². The van der Waals surface area contributed by atoms with Gasteiger partial charge in [-0.05, 0) is 37.8 Å². The number of nitrogens with zero attached hydrogens (tertiary/aromatic N) is 1. The number of rotatable bonds is 7. The van der Waals surface area contributed by atoms with E-state index >= 15 is 0 Å². The Balaban J connectivity index is 1.92. The Morgan fingerprint density at radius 2 is 1.71 bits per heavy atom. The molecule has 0 bridgehead atoms. The second kappa shape index (κ2) is 5.22. The minimum Gasteiger partial charge on any atom is -0.316 e. The second-order valence-corrected chi connectivity index (χ2v) is 6.74. The minimum absolute atomic E-state index is 0.178. The van der Waals surface area contributed by atoms with Gasteiger partial charge in [-0.25, -0.2) is 0 Å². The van der Waals surface area contributed by atoms with Crippen molar-refractivity contribution in [1.82, 2.24) is 14.3 Å². The van der Waals surface area contributed by atoms with E-state index in [2.05, 4.69) is 10.0 Å². The van der Waals surface area contributed by atoms with Crippen LogP contribution in [0.25, 0.3) is 0 Å². The third kappa shape index (κ3) is 2.81. The summed E-state index contributed by atoms with van der Waals surface area (Å²) in [5.74, 6) is 1.05. The van der Waals surface area contributed by atoms with Crippen LogP contribution in [-0.2, 0) is 10.2 Å². The molecule has 0 radical (unpaired) electrons. The van der Waals surface area contributed by atoms with Gasteiger partial charge in [-0.3, -0.25) is 0 Å². The molecule has 5 nitrogen and oxygen atoms in total. The summed E-state index contributed by atoms with van der Waals surface area (Å²) in [7, 11) is -3.27. The zero-order chi connectivity index (χ0) is 12.5. The molecule has 17 heavy (non-hydrogen) atoms. The first-order valence-corrected chi connectivity index (χ1v) is 8.02. The summed E-state index contributed by atoms with van der Waals surface area (Å²) >= 11 is 0. The van der Waals surface area contributed by atoms with E-state index < -0.39 is 10.2 Å². The van der Waals surface area contributed by atoms with Crippen LogP contribution >= 0.6 is 0 Å². The quantitative estimate of drug-likeness (QED) is 0.686. The molecular weight excluding hydrogens is 238 g/mol. The topological polar surface area (TPSA) is 61.4 Å². The lowest BCUT2D eigenvalue weighted by Gasteiger charge is -2.21. The van der Waals surface area contributed by atoms with Gasteiger partial charge in [0.25, 0.3) is 10.2 Å². The van der Waals surface area contributed by atoms with Crippen molar-refractivity contribution in [3.63, 3.8) is 0 Å². The van der Waals surface area contributed by atoms with Crippen LogP contribution in [0.15, 0.2) is 0 Å². The van der Waals surface area contributed by atoms with E-state index in [9.17, 15) is 8.42 Å². The van der Waals surface area contributed by atoms with Crippen molar-refractivity contribution < 1.29 is 8.42 Å². The molecule has 1 heterocycles. The van der Waals surface area contributed by atoms with Crippen LogP contribution in [0.2, 0.25) is 0 Å². The van der Waals surface area contributed by atoms with Gasteiger partial charge in [0.1, 0.15) is 0 Å². The molecule has 100 valence electrons. The summed E-state index contributed by atoms with van der Waals surface area (Å²) in [6.07, 6.45) is 1.72. The first-order valence-electron chi connectivity index (χ1n) is 6.58. The van der Waals surface area contributed by atoms with Crippen molar-refractivity contribution in [2.24, 2.45) is 11.8 Å². The van der Waals surface area contributed by atoms with Gasteiger partial charge in [-0.15, -0.1) is 0 Å². The molecule has 0 aromatic heterocycles. The molecule has 1 aliphatic heterocycles. The maximum Gasteiger partial charge on any atom is 0.279 e. The summed E-state index contributed by atoms with van der Waals surface area (Å²) in [5.41, 5.74) is 0. The Morgan fingerprint density at radius 3 is 2.18 bits per heavy atom. The largest absolute Gasteiger partial charge is 0.316 e. The molecule has 0 aromatic carbocycles. The Kier molecular flexibility index (Phi) is 4.07. The van der Waals surface area contributed by atoms with E-state index in [1.807, 2.05) is 13.8 Å². The van der Waals surface area contributed by atoms with Crippen molar-refractivity contribution in [2.45, 2.75) is 32.7 Å². The second-order valence-electron chi connectivity index (χ2n) is 5.03. The molecule has 0 spiro atoms. The zero-order valence-electron chi connectivity index (χ0n) is 10.6. The summed E-state index contributed by atoms with van der Waals surface area (Å²) in [4.78, 5) is 0. The Hall–Kier alpha value is -0.170.